The SMILES string of the molecule is CS(=O)(=O)C1CCCC(C(=O)C2COCCO2)C1. The number of hydrogen-bond donors (Lipinski definition) is 0. The lowest BCUT2D eigenvalue weighted by molar-refractivity contribution is -0.150. The maximum atomic E-state index is 12.2. The van der Waals surface area contributed by atoms with Gasteiger partial charge >= 0.3 is 0 Å². The van der Waals surface area contributed by atoms with Crippen LogP contribution in [0, 0.1) is 5.92 Å². The molecule has 0 aromatic carbocycles. The number of Topliss-reactive ketones (excluding diaryl/α,β-unsaturated/α-hetero) is 1. The lowest BCUT2D eigenvalue weighted by atomic mass is 9.84. The number of carbonyl (C=O) groups excluding carboxylic acids is 1. The van der Waals surface area contributed by atoms with Gasteiger partial charge in [0.15, 0.2) is 5.78 Å². The molecule has 0 N–H and O–H groups in total. The Morgan fingerprint density at radius 1 is 1.22 bits per heavy atom. The topological polar surface area (TPSA) is 69.7 Å². The van der Waals surface area contributed by atoms with E-state index in [1.54, 1.807) is 0 Å². The fraction of sp³-hybridized carbons (Fsp3) is 0.917. The van der Waals surface area contributed by atoms with Gasteiger partial charge in [-0.15, -0.1) is 0 Å². The molecule has 1 aliphatic carbocycles. The molecule has 0 aromatic heterocycles. The quantitative estimate of drug-likeness (QED) is 0.754. The summed E-state index contributed by atoms with van der Waals surface area (Å²) in [6.45, 7) is 1.28. The van der Waals surface area contributed by atoms with Crippen molar-refractivity contribution in [2.45, 2.75) is 37.0 Å². The smallest absolute Gasteiger partial charge is 0.167 e. The van der Waals surface area contributed by atoms with Crippen LogP contribution in [0.4, 0.5) is 0 Å². The zero-order valence-corrected chi connectivity index (χ0v) is 11.4. The molecule has 1 heterocycles. The van der Waals surface area contributed by atoms with Gasteiger partial charge in [-0.25, -0.2) is 8.42 Å². The Morgan fingerprint density at radius 3 is 2.61 bits per heavy atom. The third-order valence-electron chi connectivity index (χ3n) is 3.77. The van der Waals surface area contributed by atoms with Crippen molar-refractivity contribution in [3.8, 4) is 0 Å². The maximum Gasteiger partial charge on any atom is 0.167 e. The molecule has 0 bridgehead atoms. The molecule has 1 saturated heterocycles. The highest BCUT2D eigenvalue weighted by atomic mass is 32.2. The van der Waals surface area contributed by atoms with Crippen molar-refractivity contribution in [2.75, 3.05) is 26.1 Å². The molecule has 0 radical (unpaired) electrons. The molecule has 104 valence electrons. The number of carbonyl (C=O) groups is 1. The number of ketones is 1. The van der Waals surface area contributed by atoms with Crippen LogP contribution in [-0.2, 0) is 24.1 Å². The van der Waals surface area contributed by atoms with E-state index in [1.165, 1.54) is 6.26 Å². The first-order chi connectivity index (χ1) is 8.48. The van der Waals surface area contributed by atoms with Gasteiger partial charge in [-0.1, -0.05) is 6.42 Å². The molecule has 0 spiro atoms. The molecule has 1 saturated carbocycles. The summed E-state index contributed by atoms with van der Waals surface area (Å²) in [7, 11) is -3.05. The van der Waals surface area contributed by atoms with Crippen molar-refractivity contribution in [1.82, 2.24) is 0 Å². The average Bonchev–Trinajstić information content (AvgIpc) is 2.38. The van der Waals surface area contributed by atoms with E-state index in [0.717, 1.165) is 12.8 Å². The summed E-state index contributed by atoms with van der Waals surface area (Å²) in [6.07, 6.45) is 3.43. The molecule has 18 heavy (non-hydrogen) atoms. The predicted octanol–water partition coefficient (Wildman–Crippen LogP) is 0.574. The Balaban J connectivity index is 1.97. The lowest BCUT2D eigenvalue weighted by Crippen LogP contribution is -2.41. The minimum atomic E-state index is -3.05. The van der Waals surface area contributed by atoms with Gasteiger partial charge in [0.05, 0.1) is 25.1 Å². The van der Waals surface area contributed by atoms with E-state index in [1.807, 2.05) is 0 Å². The maximum absolute atomic E-state index is 12.2. The monoisotopic (exact) mass is 276 g/mol. The largest absolute Gasteiger partial charge is 0.376 e. The van der Waals surface area contributed by atoms with Crippen LogP contribution < -0.4 is 0 Å². The summed E-state index contributed by atoms with van der Waals surface area (Å²) in [4.78, 5) is 12.2. The third-order valence-corrected chi connectivity index (χ3v) is 5.41. The number of ether oxygens (including phenoxy) is 2. The first-order valence-corrected chi connectivity index (χ1v) is 8.36. The number of sulfone groups is 1. The summed E-state index contributed by atoms with van der Waals surface area (Å²) in [5, 5.41) is -0.371. The molecule has 3 atom stereocenters. The molecule has 2 aliphatic rings. The predicted molar refractivity (Wildman–Crippen MR) is 66.2 cm³/mol. The highest BCUT2D eigenvalue weighted by molar-refractivity contribution is 7.91. The highest BCUT2D eigenvalue weighted by Gasteiger charge is 2.36. The van der Waals surface area contributed by atoms with Crippen LogP contribution in [-0.4, -0.2) is 51.6 Å². The zero-order valence-electron chi connectivity index (χ0n) is 10.6. The molecule has 2 rings (SSSR count). The minimum Gasteiger partial charge on any atom is -0.376 e. The summed E-state index contributed by atoms with van der Waals surface area (Å²) in [5.74, 6) is -0.173. The van der Waals surface area contributed by atoms with Gasteiger partial charge in [0.2, 0.25) is 0 Å². The van der Waals surface area contributed by atoms with E-state index in [-0.39, 0.29) is 17.0 Å². The van der Waals surface area contributed by atoms with Crippen molar-refractivity contribution in [2.24, 2.45) is 5.92 Å². The molecule has 2 fully saturated rings. The molecule has 6 heteroatoms. The normalized spacial score (nSPS) is 34.2. The fourth-order valence-electron chi connectivity index (χ4n) is 2.71. The number of hydrogen-bond acceptors (Lipinski definition) is 5. The Bertz CT molecular complexity index is 397. The van der Waals surface area contributed by atoms with Crippen molar-refractivity contribution < 1.29 is 22.7 Å². The first-order valence-electron chi connectivity index (χ1n) is 6.40. The number of rotatable bonds is 3. The van der Waals surface area contributed by atoms with Crippen molar-refractivity contribution in [1.29, 1.82) is 0 Å². The summed E-state index contributed by atoms with van der Waals surface area (Å²) >= 11 is 0. The molecule has 5 nitrogen and oxygen atoms in total. The molecule has 1 aliphatic heterocycles. The highest BCUT2D eigenvalue weighted by Crippen LogP contribution is 2.30. The van der Waals surface area contributed by atoms with Gasteiger partial charge in [0, 0.05) is 12.2 Å². The van der Waals surface area contributed by atoms with E-state index >= 15 is 0 Å². The van der Waals surface area contributed by atoms with Crippen LogP contribution in [0.3, 0.4) is 0 Å². The van der Waals surface area contributed by atoms with Crippen molar-refractivity contribution in [3.63, 3.8) is 0 Å². The van der Waals surface area contributed by atoms with E-state index in [9.17, 15) is 13.2 Å². The van der Waals surface area contributed by atoms with Crippen LogP contribution >= 0.6 is 0 Å². The average molecular weight is 276 g/mol. The Kier molecular flexibility index (Phi) is 4.40. The van der Waals surface area contributed by atoms with E-state index in [2.05, 4.69) is 0 Å². The van der Waals surface area contributed by atoms with Crippen molar-refractivity contribution in [3.05, 3.63) is 0 Å². The second-order valence-corrected chi connectivity index (χ2v) is 7.48. The van der Waals surface area contributed by atoms with Gasteiger partial charge in [0.1, 0.15) is 15.9 Å². The third kappa shape index (κ3) is 3.30. The first kappa shape index (κ1) is 14.0. The van der Waals surface area contributed by atoms with Gasteiger partial charge in [-0.05, 0) is 19.3 Å². The van der Waals surface area contributed by atoms with Crippen LogP contribution in [0.2, 0.25) is 0 Å². The summed E-state index contributed by atoms with van der Waals surface area (Å²) < 4.78 is 33.7. The molecular weight excluding hydrogens is 256 g/mol. The summed E-state index contributed by atoms with van der Waals surface area (Å²) in [5.41, 5.74) is 0. The fourth-order valence-corrected chi connectivity index (χ4v) is 3.88. The van der Waals surface area contributed by atoms with Gasteiger partial charge in [0.25, 0.3) is 0 Å². The van der Waals surface area contributed by atoms with Crippen LogP contribution in [0.1, 0.15) is 25.7 Å². The Morgan fingerprint density at radius 2 is 2.00 bits per heavy atom. The zero-order chi connectivity index (χ0) is 13.2. The summed E-state index contributed by atoms with van der Waals surface area (Å²) in [6, 6.07) is 0. The molecule has 0 aromatic rings. The van der Waals surface area contributed by atoms with E-state index < -0.39 is 15.9 Å². The second-order valence-electron chi connectivity index (χ2n) is 5.15. The van der Waals surface area contributed by atoms with Gasteiger partial charge < -0.3 is 9.47 Å². The van der Waals surface area contributed by atoms with E-state index in [4.69, 9.17) is 9.47 Å². The van der Waals surface area contributed by atoms with Gasteiger partial charge in [-0.2, -0.15) is 0 Å². The van der Waals surface area contributed by atoms with Crippen LogP contribution in [0.15, 0.2) is 0 Å². The van der Waals surface area contributed by atoms with Crippen LogP contribution in [0.25, 0.3) is 0 Å². The Labute approximate surface area is 108 Å². The van der Waals surface area contributed by atoms with Gasteiger partial charge in [-0.3, -0.25) is 4.79 Å². The Hall–Kier alpha value is -0.460. The minimum absolute atomic E-state index is 0.0167. The lowest BCUT2D eigenvalue weighted by Gasteiger charge is -2.30. The molecule has 3 unspecified atom stereocenters. The van der Waals surface area contributed by atoms with E-state index in [0.29, 0.717) is 32.7 Å². The van der Waals surface area contributed by atoms with Crippen LogP contribution in [0.5, 0.6) is 0 Å². The van der Waals surface area contributed by atoms with Crippen molar-refractivity contribution >= 4 is 15.6 Å². The molecular formula is C12H20O5S. The second kappa shape index (κ2) is 5.67. The molecule has 0 amide bonds. The standard InChI is InChI=1S/C12H20O5S/c1-18(14,15)10-4-2-3-9(7-10)12(13)11-8-16-5-6-17-11/h9-11H,2-8H2,1H3.